The molecule has 1 aliphatic rings. The molecule has 1 amide bonds. The molecule has 0 aromatic carbocycles. The van der Waals surface area contributed by atoms with E-state index in [0.29, 0.717) is 17.1 Å². The highest BCUT2D eigenvalue weighted by Gasteiger charge is 2.31. The van der Waals surface area contributed by atoms with E-state index in [-0.39, 0.29) is 12.6 Å². The lowest BCUT2D eigenvalue weighted by molar-refractivity contribution is 0.0803. The van der Waals surface area contributed by atoms with E-state index in [4.69, 9.17) is 15.2 Å². The third kappa shape index (κ3) is 4.05. The van der Waals surface area contributed by atoms with Crippen LogP contribution in [0, 0.1) is 5.82 Å². The number of carbonyl (C=O) groups is 1. The maximum Gasteiger partial charge on any atom is 0.404 e. The molecule has 152 valence electrons. The number of H-pyrrole nitrogens is 1. The lowest BCUT2D eigenvalue weighted by Gasteiger charge is -2.27. The van der Waals surface area contributed by atoms with Crippen molar-refractivity contribution < 1.29 is 18.7 Å². The zero-order chi connectivity index (χ0) is 20.4. The maximum atomic E-state index is 14.0. The topological polar surface area (TPSA) is 119 Å². The summed E-state index contributed by atoms with van der Waals surface area (Å²) in [7, 11) is 0. The SMILES string of the molecule is C[C@@H](COc1ncc(F)cc1C1CCCN1c1ccc2nc[nH]c2n1)OC(N)=O. The summed E-state index contributed by atoms with van der Waals surface area (Å²) in [5.74, 6) is 0.619. The molecule has 0 saturated carbocycles. The van der Waals surface area contributed by atoms with Gasteiger partial charge in [-0.05, 0) is 38.0 Å². The van der Waals surface area contributed by atoms with Crippen molar-refractivity contribution in [1.82, 2.24) is 19.9 Å². The molecule has 10 heteroatoms. The minimum Gasteiger partial charge on any atom is -0.473 e. The van der Waals surface area contributed by atoms with Crippen molar-refractivity contribution in [3.8, 4) is 5.88 Å². The van der Waals surface area contributed by atoms with Crippen LogP contribution in [0.25, 0.3) is 11.2 Å². The van der Waals surface area contributed by atoms with Gasteiger partial charge in [0.2, 0.25) is 5.88 Å². The van der Waals surface area contributed by atoms with Gasteiger partial charge in [0.25, 0.3) is 0 Å². The van der Waals surface area contributed by atoms with Crippen LogP contribution in [0.4, 0.5) is 15.0 Å². The Labute approximate surface area is 166 Å². The molecular weight excluding hydrogens is 379 g/mol. The van der Waals surface area contributed by atoms with Crippen molar-refractivity contribution in [2.75, 3.05) is 18.1 Å². The lowest BCUT2D eigenvalue weighted by Crippen LogP contribution is -2.27. The van der Waals surface area contributed by atoms with Crippen LogP contribution in [-0.4, -0.2) is 45.3 Å². The summed E-state index contributed by atoms with van der Waals surface area (Å²) >= 11 is 0. The van der Waals surface area contributed by atoms with Crippen LogP contribution in [0.3, 0.4) is 0 Å². The van der Waals surface area contributed by atoms with E-state index in [0.717, 1.165) is 36.9 Å². The molecule has 29 heavy (non-hydrogen) atoms. The third-order valence-corrected chi connectivity index (χ3v) is 4.79. The Bertz CT molecular complexity index is 1030. The van der Waals surface area contributed by atoms with Gasteiger partial charge >= 0.3 is 6.09 Å². The molecule has 0 spiro atoms. The van der Waals surface area contributed by atoms with Crippen LogP contribution in [0.1, 0.15) is 31.4 Å². The number of imidazole rings is 1. The number of fused-ring (bicyclic) bond motifs is 1. The average Bonchev–Trinajstić information content (AvgIpc) is 3.35. The Kier molecular flexibility index (Phi) is 5.15. The van der Waals surface area contributed by atoms with Gasteiger partial charge in [-0.1, -0.05) is 0 Å². The highest BCUT2D eigenvalue weighted by molar-refractivity contribution is 5.72. The number of nitrogens with one attached hydrogen (secondary N) is 1. The van der Waals surface area contributed by atoms with Crippen LogP contribution in [-0.2, 0) is 4.74 Å². The van der Waals surface area contributed by atoms with Crippen molar-refractivity contribution in [1.29, 1.82) is 0 Å². The Morgan fingerprint density at radius 2 is 2.31 bits per heavy atom. The average molecular weight is 400 g/mol. The van der Waals surface area contributed by atoms with Crippen LogP contribution >= 0.6 is 0 Å². The quantitative estimate of drug-likeness (QED) is 0.653. The zero-order valence-electron chi connectivity index (χ0n) is 15.8. The van der Waals surface area contributed by atoms with Gasteiger partial charge in [-0.3, -0.25) is 0 Å². The van der Waals surface area contributed by atoms with Crippen molar-refractivity contribution in [3.05, 3.63) is 42.1 Å². The van der Waals surface area contributed by atoms with Crippen molar-refractivity contribution in [2.45, 2.75) is 31.9 Å². The van der Waals surface area contributed by atoms with Crippen LogP contribution in [0.15, 0.2) is 30.7 Å². The highest BCUT2D eigenvalue weighted by Crippen LogP contribution is 2.39. The van der Waals surface area contributed by atoms with Crippen LogP contribution in [0.5, 0.6) is 5.88 Å². The molecule has 4 rings (SSSR count). The summed E-state index contributed by atoms with van der Waals surface area (Å²) in [6.45, 7) is 2.48. The molecule has 0 radical (unpaired) electrons. The molecule has 3 aromatic heterocycles. The smallest absolute Gasteiger partial charge is 0.404 e. The van der Waals surface area contributed by atoms with E-state index in [9.17, 15) is 9.18 Å². The van der Waals surface area contributed by atoms with Crippen molar-refractivity contribution in [3.63, 3.8) is 0 Å². The first kappa shape index (κ1) is 18.9. The number of anilines is 1. The number of nitrogens with two attached hydrogens (primary N) is 1. The van der Waals surface area contributed by atoms with E-state index < -0.39 is 18.0 Å². The van der Waals surface area contributed by atoms with Gasteiger partial charge in [-0.2, -0.15) is 0 Å². The van der Waals surface area contributed by atoms with Gasteiger partial charge in [-0.25, -0.2) is 24.1 Å². The number of aromatic amines is 1. The van der Waals surface area contributed by atoms with Crippen LogP contribution < -0.4 is 15.4 Å². The molecular formula is C19H21FN6O3. The number of rotatable bonds is 6. The Hall–Kier alpha value is -3.43. The normalized spacial score (nSPS) is 17.4. The lowest BCUT2D eigenvalue weighted by atomic mass is 10.1. The number of ether oxygens (including phenoxy) is 2. The minimum absolute atomic E-state index is 0.0552. The molecule has 3 aromatic rings. The summed E-state index contributed by atoms with van der Waals surface area (Å²) in [6.07, 6.45) is 2.99. The number of carbonyl (C=O) groups excluding carboxylic acids is 1. The first-order chi connectivity index (χ1) is 14.0. The molecule has 1 unspecified atom stereocenters. The Morgan fingerprint density at radius 3 is 3.14 bits per heavy atom. The first-order valence-electron chi connectivity index (χ1n) is 9.32. The van der Waals surface area contributed by atoms with Gasteiger partial charge < -0.3 is 25.1 Å². The monoisotopic (exact) mass is 400 g/mol. The van der Waals surface area contributed by atoms with Gasteiger partial charge in [0, 0.05) is 12.1 Å². The summed E-state index contributed by atoms with van der Waals surface area (Å²) in [4.78, 5) is 28.9. The summed E-state index contributed by atoms with van der Waals surface area (Å²) in [5, 5.41) is 0. The molecule has 3 N–H and O–H groups in total. The molecule has 1 fully saturated rings. The largest absolute Gasteiger partial charge is 0.473 e. The number of aromatic nitrogens is 4. The van der Waals surface area contributed by atoms with Gasteiger partial charge in [0.1, 0.15) is 29.9 Å². The number of pyridine rings is 2. The second kappa shape index (κ2) is 7.90. The van der Waals surface area contributed by atoms with E-state index in [2.05, 4.69) is 24.8 Å². The van der Waals surface area contributed by atoms with Gasteiger partial charge in [-0.15, -0.1) is 0 Å². The van der Waals surface area contributed by atoms with Gasteiger partial charge in [0.15, 0.2) is 5.65 Å². The number of nitrogens with zero attached hydrogens (tertiary/aromatic N) is 4. The second-order valence-corrected chi connectivity index (χ2v) is 6.90. The predicted octanol–water partition coefficient (Wildman–Crippen LogP) is 2.70. The molecule has 0 bridgehead atoms. The molecule has 0 aliphatic carbocycles. The number of halogens is 1. The zero-order valence-corrected chi connectivity index (χ0v) is 15.8. The summed E-state index contributed by atoms with van der Waals surface area (Å²) < 4.78 is 24.6. The molecule has 1 aliphatic heterocycles. The van der Waals surface area contributed by atoms with Crippen molar-refractivity contribution in [2.24, 2.45) is 5.73 Å². The molecule has 1 saturated heterocycles. The van der Waals surface area contributed by atoms with E-state index >= 15 is 0 Å². The Balaban J connectivity index is 1.60. The minimum atomic E-state index is -0.879. The number of primary amides is 1. The van der Waals surface area contributed by atoms with E-state index in [1.807, 2.05) is 12.1 Å². The molecule has 4 heterocycles. The second-order valence-electron chi connectivity index (χ2n) is 6.90. The number of hydrogen-bond donors (Lipinski definition) is 2. The number of amides is 1. The molecule has 9 nitrogen and oxygen atoms in total. The summed E-state index contributed by atoms with van der Waals surface area (Å²) in [5.41, 5.74) is 7.12. The van der Waals surface area contributed by atoms with Gasteiger partial charge in [0.05, 0.1) is 18.6 Å². The van der Waals surface area contributed by atoms with E-state index in [1.54, 1.807) is 13.3 Å². The number of hydrogen-bond acceptors (Lipinski definition) is 7. The van der Waals surface area contributed by atoms with E-state index in [1.165, 1.54) is 6.07 Å². The first-order valence-corrected chi connectivity index (χ1v) is 9.32. The fourth-order valence-corrected chi connectivity index (χ4v) is 3.57. The maximum absolute atomic E-state index is 14.0. The van der Waals surface area contributed by atoms with Crippen molar-refractivity contribution >= 4 is 23.1 Å². The summed E-state index contributed by atoms with van der Waals surface area (Å²) in [6, 6.07) is 5.08. The Morgan fingerprint density at radius 1 is 1.45 bits per heavy atom. The highest BCUT2D eigenvalue weighted by atomic mass is 19.1. The standard InChI is InChI=1S/C19H21FN6O3/c1-11(29-19(21)27)9-28-18-13(7-12(20)8-22-18)15-3-2-6-26(15)16-5-4-14-17(25-16)24-10-23-14/h4-5,7-8,10-11,15H,2-3,6,9H2,1H3,(H2,21,27)(H,23,24,25)/t11-,15?/m0/s1. The van der Waals surface area contributed by atoms with Crippen LogP contribution in [0.2, 0.25) is 0 Å². The predicted molar refractivity (Wildman–Crippen MR) is 103 cm³/mol. The fourth-order valence-electron chi connectivity index (χ4n) is 3.57. The third-order valence-electron chi connectivity index (χ3n) is 4.79. The molecule has 2 atom stereocenters. The fraction of sp³-hybridized carbons (Fsp3) is 0.368.